The van der Waals surface area contributed by atoms with Gasteiger partial charge in [-0.25, -0.2) is 5.43 Å². The second-order valence-electron chi connectivity index (χ2n) is 23.0. The second kappa shape index (κ2) is 56.1. The summed E-state index contributed by atoms with van der Waals surface area (Å²) in [6.45, 7) is 1.70. The molecule has 36 nitrogen and oxygen atoms in total. The molecule has 0 spiro atoms. The quantitative estimate of drug-likeness (QED) is 0.00971. The van der Waals surface area contributed by atoms with Gasteiger partial charge in [-0.2, -0.15) is 75.8 Å². The van der Waals surface area contributed by atoms with Crippen LogP contribution in [0, 0.1) is 0 Å². The lowest BCUT2D eigenvalue weighted by atomic mass is 10.0. The second-order valence-corrected chi connectivity index (χ2v) is 25.2. The summed E-state index contributed by atoms with van der Waals surface area (Å²) in [5, 5.41) is 66.0. The Kier molecular flexibility index (Phi) is 52.9. The third-order valence-corrected chi connectivity index (χ3v) is 17.4. The van der Waals surface area contributed by atoms with Crippen LogP contribution in [0.25, 0.3) is 0 Å². The first-order chi connectivity index (χ1) is 51.3. The van der Waals surface area contributed by atoms with Crippen LogP contribution >= 0.6 is 146 Å². The number of ether oxygens (including phenoxy) is 1. The molecule has 0 aromatic heterocycles. The van der Waals surface area contributed by atoms with Crippen LogP contribution in [0.5, 0.6) is 11.5 Å². The molecule has 2 aromatic rings. The summed E-state index contributed by atoms with van der Waals surface area (Å²) in [6, 6.07) is -7.57. The van der Waals surface area contributed by atoms with E-state index in [-0.39, 0.29) is 66.7 Å². The molecule has 0 radical (unpaired) electrons. The highest BCUT2D eigenvalue weighted by Gasteiger charge is 2.41. The Balaban J connectivity index is 0.0000186. The minimum atomic E-state index is -1.80. The number of phenols is 2. The van der Waals surface area contributed by atoms with Crippen molar-refractivity contribution in [1.82, 2.24) is 74.2 Å². The summed E-state index contributed by atoms with van der Waals surface area (Å²) in [4.78, 5) is 212. The van der Waals surface area contributed by atoms with Crippen molar-refractivity contribution < 1.29 is 102 Å². The van der Waals surface area contributed by atoms with Crippen LogP contribution in [0.1, 0.15) is 57.1 Å². The highest BCUT2D eigenvalue weighted by atomic mass is 33.1. The molecule has 19 N–H and O–H groups in total. The number of aromatic hydroxyl groups is 2. The molecule has 0 aliphatic carbocycles. The fourth-order valence-electron chi connectivity index (χ4n) is 9.63. The van der Waals surface area contributed by atoms with Crippen LogP contribution in [-0.2, 0) is 94.3 Å². The first-order valence-electron chi connectivity index (χ1n) is 31.9. The molecule has 2 aromatic carbocycles. The number of aliphatic hydroxyl groups excluding tert-OH is 1. The van der Waals surface area contributed by atoms with E-state index in [1.54, 1.807) is 12.1 Å². The molecule has 14 atom stereocenters. The van der Waals surface area contributed by atoms with Gasteiger partial charge in [-0.3, -0.25) is 82.7 Å². The molecule has 1 aliphatic rings. The van der Waals surface area contributed by atoms with Gasteiger partial charge in [0.25, 0.3) is 5.91 Å². The first kappa shape index (κ1) is 102. The number of phenolic OH excluding ortho intramolecular Hbond substituents is 2. The number of carbonyl (C=O) groups excluding carboxylic acids is 15. The fraction of sp³-hybridized carbons (Fsp3) is 0.533. The zero-order valence-electron chi connectivity index (χ0n) is 58.0. The number of methoxy groups -OCH3 is 1. The van der Waals surface area contributed by atoms with Gasteiger partial charge >= 0.3 is 11.9 Å². The predicted molar refractivity (Wildman–Crippen MR) is 438 cm³/mol. The van der Waals surface area contributed by atoms with E-state index in [1.807, 2.05) is 0 Å². The van der Waals surface area contributed by atoms with Crippen molar-refractivity contribution in [3.8, 4) is 11.5 Å². The van der Waals surface area contributed by atoms with Gasteiger partial charge in [0.1, 0.15) is 84.2 Å². The smallest absolute Gasteiger partial charge is 0.323 e. The van der Waals surface area contributed by atoms with Crippen molar-refractivity contribution >= 4 is 241 Å². The van der Waals surface area contributed by atoms with Gasteiger partial charge in [-0.05, 0) is 74.9 Å². The topological polar surface area (TPSA) is 549 Å². The molecule has 13 amide bonds. The minimum Gasteiger partial charge on any atom is -0.508 e. The molecule has 1 heterocycles. The summed E-state index contributed by atoms with van der Waals surface area (Å²) in [6.07, 6.45) is -3.29. The maximum Gasteiger partial charge on any atom is 0.323 e. The van der Waals surface area contributed by atoms with Crippen LogP contribution < -0.4 is 75.1 Å². The molecule has 6 unspecified atom stereocenters. The lowest BCUT2D eigenvalue weighted by molar-refractivity contribution is -0.143. The number of thiol groups is 12. The van der Waals surface area contributed by atoms with Crippen LogP contribution in [-0.4, -0.2) is 260 Å². The van der Waals surface area contributed by atoms with E-state index in [0.29, 0.717) is 17.4 Å². The molecule has 1 aliphatic heterocycles. The van der Waals surface area contributed by atoms with Gasteiger partial charge < -0.3 is 93.8 Å². The number of primary amides is 1. The van der Waals surface area contributed by atoms with Crippen molar-refractivity contribution in [2.75, 3.05) is 54.7 Å². The largest absolute Gasteiger partial charge is 0.508 e. The number of rotatable bonds is 44. The van der Waals surface area contributed by atoms with Crippen molar-refractivity contribution in [3.63, 3.8) is 0 Å². The van der Waals surface area contributed by atoms with Gasteiger partial charge in [0, 0.05) is 53.9 Å². The van der Waals surface area contributed by atoms with Gasteiger partial charge in [0.15, 0.2) is 0 Å². The maximum absolute atomic E-state index is 14.1. The Hall–Kier alpha value is -6.16. The summed E-state index contributed by atoms with van der Waals surface area (Å²) < 4.78 is 4.87. The number of nitrogens with one attached hydrogen (secondary N) is 13. The molecular formula is C60H93N15O21S12. The number of hydrazine groups is 1. The van der Waals surface area contributed by atoms with Gasteiger partial charge in [0.05, 0.1) is 38.3 Å². The highest BCUT2D eigenvalue weighted by Crippen LogP contribution is 2.20. The normalized spacial score (nSPS) is 15.6. The lowest BCUT2D eigenvalue weighted by Gasteiger charge is -2.29. The van der Waals surface area contributed by atoms with Crippen molar-refractivity contribution in [1.29, 1.82) is 0 Å². The number of aliphatic carboxylic acids is 1. The van der Waals surface area contributed by atoms with E-state index < -0.39 is 211 Å². The van der Waals surface area contributed by atoms with Crippen molar-refractivity contribution in [2.45, 2.75) is 143 Å². The molecule has 1 fully saturated rings. The summed E-state index contributed by atoms with van der Waals surface area (Å²) >= 11 is 44.1. The lowest BCUT2D eigenvalue weighted by Crippen LogP contribution is -2.61. The number of benzene rings is 2. The molecule has 606 valence electrons. The monoisotopic (exact) mass is 1740 g/mol. The number of nitrogens with two attached hydrogens (primary N) is 1. The Morgan fingerprint density at radius 1 is 0.537 bits per heavy atom. The van der Waals surface area contributed by atoms with Crippen LogP contribution in [0.15, 0.2) is 48.5 Å². The average Bonchev–Trinajstić information content (AvgIpc) is 1.64. The van der Waals surface area contributed by atoms with Crippen LogP contribution in [0.2, 0.25) is 0 Å². The summed E-state index contributed by atoms with van der Waals surface area (Å²) in [5.74, 6) is -17.1. The van der Waals surface area contributed by atoms with E-state index in [9.17, 15) is 97.1 Å². The minimum absolute atomic E-state index is 0.00307. The van der Waals surface area contributed by atoms with E-state index >= 15 is 0 Å². The Bertz CT molecular complexity index is 3300. The number of hydrogen-bond acceptors (Lipinski definition) is 34. The number of carboxylic acid groups (broad SMARTS) is 1. The molecule has 1 saturated heterocycles. The molecule has 3 rings (SSSR count). The molecule has 108 heavy (non-hydrogen) atoms. The number of likely N-dealkylation sites (tertiary alicyclic amines) is 1. The zero-order valence-corrected chi connectivity index (χ0v) is 68.7. The van der Waals surface area contributed by atoms with E-state index in [2.05, 4.69) is 215 Å². The third-order valence-electron chi connectivity index (χ3n) is 15.2. The Morgan fingerprint density at radius 2 is 0.954 bits per heavy atom. The number of nitrogens with zero attached hydrogens (tertiary/aromatic N) is 1. The van der Waals surface area contributed by atoms with Crippen LogP contribution in [0.3, 0.4) is 0 Å². The van der Waals surface area contributed by atoms with Gasteiger partial charge in [-0.1, -0.05) is 24.3 Å². The van der Waals surface area contributed by atoms with E-state index in [0.717, 1.165) is 18.9 Å². The molecular weight excluding hydrogens is 1650 g/mol. The Labute approximate surface area is 686 Å². The van der Waals surface area contributed by atoms with Crippen molar-refractivity contribution in [2.24, 2.45) is 5.73 Å². The average molecular weight is 1750 g/mol. The number of amides is 13. The summed E-state index contributed by atoms with van der Waals surface area (Å²) in [7, 11) is 1.16. The number of hydrogen-bond donors (Lipinski definition) is 30. The van der Waals surface area contributed by atoms with Crippen molar-refractivity contribution in [3.05, 3.63) is 59.7 Å². The van der Waals surface area contributed by atoms with E-state index in [1.165, 1.54) is 43.3 Å². The first-order valence-corrected chi connectivity index (χ1v) is 40.5. The molecule has 0 bridgehead atoms. The molecule has 0 saturated carbocycles. The van der Waals surface area contributed by atoms with Gasteiger partial charge in [0.2, 0.25) is 70.9 Å². The van der Waals surface area contributed by atoms with Gasteiger partial charge in [-0.15, -0.1) is 70.0 Å². The Morgan fingerprint density at radius 3 is 1.39 bits per heavy atom. The van der Waals surface area contributed by atoms with Crippen LogP contribution in [0.4, 0.5) is 0 Å². The number of carboxylic acids is 1. The molecule has 48 heteroatoms. The van der Waals surface area contributed by atoms with E-state index in [4.69, 9.17) is 10.5 Å². The SMILES string of the molecule is COC(=O)C(Cc1ccc(O)cc1)N[C@@H](CS)C(=O)NNCC(=O)N[C@H](C(=O)N[C@@H](CS)C(=O)NC(C)C(=O)N1CCC[C@H]1C(=O)NC(CC(N)=O)C(=O)N[C@@H](CS)C(=O)NC(CS)C(=O)N[C@@H](Cc1ccc(O)cc1)C(=O)NC(CCC(=O)O)C(=O)N[C@@H](CS)C(=O)NC(C=O)CS)[C@@H](C)O.SS.SS.SS. The fourth-order valence-corrected chi connectivity index (χ4v) is 11.1. The number of esters is 1. The predicted octanol–water partition coefficient (Wildman–Crippen LogP) is -4.96. The highest BCUT2D eigenvalue weighted by molar-refractivity contribution is 8.60. The maximum atomic E-state index is 14.1. The zero-order chi connectivity index (χ0) is 82.5. The number of aldehydes is 1. The standard InChI is InChI=1S/C60H87N15O21S6.3H2S2/c1-28(63-52(87)39(23-98)72-58(93)48(29(2)77)73-46(81)20-62-74-56(91)43(27-102)65-38(60(95)96-3)18-31-8-12-34(79)13-9-31)59(94)75-16-4-5-44(75)57(92)68-37(19-45(61)80)51(86)70-42(26-101)55(90)71-41(25-100)54(89)67-36(17-30-6-10-33(78)11-7-30)50(85)66-35(14-15-47(82)83)49(84)69-40(24-99)53(88)64-32(21-76)22-97;3*1-2/h6-13,21,28-29,32,35-44,48,62,65,77-79,97-102H,4-5,14-20,22-27H2,1-3H3,(H2,61,80)(H,63,87)(H,64,88)(H,66,85)(H,67,89)(H,68,92)(H,69,84)(H,70,86)(H,71,90)(H,72,93)(H,73,81)(H,74,91)(H,82,83);3*1-2H/t28?,29-,32?,35?,36+,37?,38?,39+,40+,41?,42+,43+,44+,48+;;;/m1.../s1. The number of aliphatic hydroxyl groups is 1. The summed E-state index contributed by atoms with van der Waals surface area (Å²) in [5.41, 5.74) is 11.1. The number of carbonyl (C=O) groups is 16. The third kappa shape index (κ3) is 36.8.